The molecule has 7 rings (SSSR count). The van der Waals surface area contributed by atoms with Crippen LogP contribution in [-0.4, -0.2) is 67.9 Å². The predicted octanol–water partition coefficient (Wildman–Crippen LogP) is 5.02. The van der Waals surface area contributed by atoms with Gasteiger partial charge in [0.05, 0.1) is 47.1 Å². The summed E-state index contributed by atoms with van der Waals surface area (Å²) in [6.45, 7) is 11.2. The van der Waals surface area contributed by atoms with Gasteiger partial charge in [-0.15, -0.1) is 0 Å². The van der Waals surface area contributed by atoms with E-state index >= 15 is 0 Å². The number of anilines is 3. The van der Waals surface area contributed by atoms with Crippen molar-refractivity contribution in [2.75, 3.05) is 41.5 Å². The lowest BCUT2D eigenvalue weighted by atomic mass is 9.89. The van der Waals surface area contributed by atoms with Gasteiger partial charge in [0.1, 0.15) is 28.4 Å². The number of nitrogens with zero attached hydrogens (tertiary/aromatic N) is 6. The Kier molecular flexibility index (Phi) is 7.95. The first-order valence-electron chi connectivity index (χ1n) is 16.3. The van der Waals surface area contributed by atoms with Crippen LogP contribution < -0.4 is 14.7 Å². The normalized spacial score (nSPS) is 22.8. The van der Waals surface area contributed by atoms with E-state index in [1.165, 1.54) is 11.8 Å². The number of aromatic nitrogens is 2. The minimum Gasteiger partial charge on any atom is -0.377 e. The summed E-state index contributed by atoms with van der Waals surface area (Å²) >= 11 is 0. The fourth-order valence-corrected chi connectivity index (χ4v) is 9.00. The summed E-state index contributed by atoms with van der Waals surface area (Å²) < 4.78 is 62.3. The van der Waals surface area contributed by atoms with Crippen molar-refractivity contribution in [3.05, 3.63) is 76.2 Å². The number of carbonyl (C=O) groups excluding carboxylic acids is 2. The summed E-state index contributed by atoms with van der Waals surface area (Å²) in [5.41, 5.74) is 3.76. The van der Waals surface area contributed by atoms with Crippen molar-refractivity contribution in [2.45, 2.75) is 76.6 Å². The SMILES string of the molecule is Cc1cc(C(F)(F)F)cc(N2C(=O)C[C@@H]3CN(Cc4cnc5c(c4)C4(COC4)N(S(=O)C(C)(C)C)C5)c4c(C)cccc4N(C)C(=O)[C@H]32)n1. The molecule has 6 heterocycles. The Hall–Kier alpha value is -3.88. The molecule has 0 aliphatic carbocycles. The van der Waals surface area contributed by atoms with Gasteiger partial charge in [0, 0.05) is 49.9 Å². The van der Waals surface area contributed by atoms with Crippen LogP contribution in [0.1, 0.15) is 60.8 Å². The largest absolute Gasteiger partial charge is 0.416 e. The number of para-hydroxylation sites is 1. The lowest BCUT2D eigenvalue weighted by Gasteiger charge is -2.46. The molecular weight excluding hydrogens is 657 g/mol. The minimum atomic E-state index is -4.65. The van der Waals surface area contributed by atoms with Crippen molar-refractivity contribution < 1.29 is 31.7 Å². The van der Waals surface area contributed by atoms with Crippen LogP contribution in [0, 0.1) is 19.8 Å². The fraction of sp³-hybridized carbons (Fsp3) is 0.486. The van der Waals surface area contributed by atoms with Gasteiger partial charge in [-0.3, -0.25) is 19.5 Å². The maximum absolute atomic E-state index is 14.2. The van der Waals surface area contributed by atoms with E-state index in [0.717, 1.165) is 45.1 Å². The molecule has 2 saturated heterocycles. The molecule has 2 fully saturated rings. The van der Waals surface area contributed by atoms with Crippen LogP contribution in [0.3, 0.4) is 0 Å². The molecule has 2 amide bonds. The zero-order chi connectivity index (χ0) is 35.2. The predicted molar refractivity (Wildman–Crippen MR) is 179 cm³/mol. The molecule has 10 nitrogen and oxygen atoms in total. The topological polar surface area (TPSA) is 99.2 Å². The Labute approximate surface area is 285 Å². The summed E-state index contributed by atoms with van der Waals surface area (Å²) in [6.07, 6.45) is -2.86. The second-order valence-corrected chi connectivity index (χ2v) is 16.7. The van der Waals surface area contributed by atoms with Crippen molar-refractivity contribution in [3.8, 4) is 0 Å². The van der Waals surface area contributed by atoms with Gasteiger partial charge in [-0.1, -0.05) is 12.1 Å². The molecule has 2 aromatic heterocycles. The number of benzene rings is 1. The molecule has 14 heteroatoms. The third kappa shape index (κ3) is 5.52. The summed E-state index contributed by atoms with van der Waals surface area (Å²) in [7, 11) is 0.346. The standard InChI is InChI=1S/C35H39F3N6O4S/c1-20-8-7-9-27-30(20)42(15-22-11-25-26(39-14-22)17-43(34(25)18-48-19-34)49(47)33(3,4)5)16-23-12-29(45)44(31(23)32(46)41(27)6)28-13-24(35(36,37)38)10-21(2)40-28/h7-11,13-14,23,31H,12,15-19H2,1-6H3/t23-,31+,49?/m1/s1. The molecule has 3 atom stereocenters. The third-order valence-electron chi connectivity index (χ3n) is 9.95. The van der Waals surface area contributed by atoms with Crippen LogP contribution in [-0.2, 0) is 50.1 Å². The van der Waals surface area contributed by atoms with Crippen molar-refractivity contribution in [1.29, 1.82) is 0 Å². The number of amides is 2. The van der Waals surface area contributed by atoms with E-state index in [0.29, 0.717) is 32.0 Å². The number of hydrogen-bond donors (Lipinski definition) is 0. The van der Waals surface area contributed by atoms with Crippen LogP contribution >= 0.6 is 0 Å². The van der Waals surface area contributed by atoms with E-state index < -0.39 is 56.8 Å². The third-order valence-corrected chi connectivity index (χ3v) is 11.9. The number of likely N-dealkylation sites (N-methyl/N-ethyl adjacent to an activating group) is 1. The quantitative estimate of drug-likeness (QED) is 0.378. The minimum absolute atomic E-state index is 0.0323. The lowest BCUT2D eigenvalue weighted by molar-refractivity contribution is -0.137. The van der Waals surface area contributed by atoms with E-state index in [2.05, 4.69) is 16.0 Å². The zero-order valence-electron chi connectivity index (χ0n) is 28.3. The Morgan fingerprint density at radius 2 is 1.82 bits per heavy atom. The molecule has 49 heavy (non-hydrogen) atoms. The molecule has 3 aromatic rings. The molecule has 0 saturated carbocycles. The number of alkyl halides is 3. The first-order valence-corrected chi connectivity index (χ1v) is 17.4. The molecule has 1 unspecified atom stereocenters. The van der Waals surface area contributed by atoms with E-state index in [1.807, 2.05) is 56.4 Å². The first kappa shape index (κ1) is 33.6. The van der Waals surface area contributed by atoms with Crippen LogP contribution in [0.5, 0.6) is 0 Å². The summed E-state index contributed by atoms with van der Waals surface area (Å²) in [5.74, 6) is -1.57. The molecule has 1 aromatic carbocycles. The monoisotopic (exact) mass is 696 g/mol. The second kappa shape index (κ2) is 11.6. The number of rotatable bonds is 4. The zero-order valence-corrected chi connectivity index (χ0v) is 29.1. The highest BCUT2D eigenvalue weighted by Gasteiger charge is 2.56. The average molecular weight is 697 g/mol. The van der Waals surface area contributed by atoms with Gasteiger partial charge < -0.3 is 14.5 Å². The van der Waals surface area contributed by atoms with Gasteiger partial charge in [0.15, 0.2) is 0 Å². The maximum atomic E-state index is 14.2. The molecule has 4 aliphatic heterocycles. The van der Waals surface area contributed by atoms with Gasteiger partial charge >= 0.3 is 6.18 Å². The van der Waals surface area contributed by atoms with E-state index in [-0.39, 0.29) is 24.5 Å². The van der Waals surface area contributed by atoms with Crippen LogP contribution in [0.2, 0.25) is 0 Å². The van der Waals surface area contributed by atoms with E-state index in [4.69, 9.17) is 9.72 Å². The van der Waals surface area contributed by atoms with Crippen LogP contribution in [0.4, 0.5) is 30.4 Å². The number of halogens is 3. The number of fused-ring (bicyclic) bond motifs is 4. The molecule has 260 valence electrons. The summed E-state index contributed by atoms with van der Waals surface area (Å²) in [6, 6.07) is 8.48. The number of hydrogen-bond acceptors (Lipinski definition) is 7. The Bertz CT molecular complexity index is 1890. The molecule has 0 bridgehead atoms. The number of ether oxygens (including phenoxy) is 1. The van der Waals surface area contributed by atoms with Gasteiger partial charge in [-0.25, -0.2) is 13.5 Å². The molecule has 4 aliphatic rings. The van der Waals surface area contributed by atoms with Crippen molar-refractivity contribution >= 4 is 40.0 Å². The smallest absolute Gasteiger partial charge is 0.377 e. The van der Waals surface area contributed by atoms with Crippen molar-refractivity contribution in [2.24, 2.45) is 5.92 Å². The highest BCUT2D eigenvalue weighted by Crippen LogP contribution is 2.47. The number of aryl methyl sites for hydroxylation is 2. The van der Waals surface area contributed by atoms with Gasteiger partial charge in [0.2, 0.25) is 11.8 Å². The lowest BCUT2D eigenvalue weighted by Crippen LogP contribution is -2.58. The van der Waals surface area contributed by atoms with E-state index in [9.17, 15) is 27.0 Å². The molecule has 0 radical (unpaired) electrons. The van der Waals surface area contributed by atoms with Gasteiger partial charge in [0.25, 0.3) is 0 Å². The number of carbonyl (C=O) groups is 2. The highest BCUT2D eigenvalue weighted by molar-refractivity contribution is 7.84. The fourth-order valence-electron chi connectivity index (χ4n) is 7.58. The summed E-state index contributed by atoms with van der Waals surface area (Å²) in [5, 5.41) is 0. The van der Waals surface area contributed by atoms with Crippen LogP contribution in [0.15, 0.2) is 42.6 Å². The van der Waals surface area contributed by atoms with E-state index in [1.54, 1.807) is 7.05 Å². The Morgan fingerprint density at radius 1 is 1.08 bits per heavy atom. The average Bonchev–Trinajstić information content (AvgIpc) is 3.52. The first-order chi connectivity index (χ1) is 23.0. The van der Waals surface area contributed by atoms with Gasteiger partial charge in [-0.2, -0.15) is 13.2 Å². The highest BCUT2D eigenvalue weighted by atomic mass is 32.2. The Balaban J connectivity index is 1.27. The Morgan fingerprint density at radius 3 is 2.47 bits per heavy atom. The molecule has 0 N–H and O–H groups in total. The molecule has 1 spiro atoms. The van der Waals surface area contributed by atoms with Crippen LogP contribution in [0.25, 0.3) is 0 Å². The molecular formula is C35H39F3N6O4S. The van der Waals surface area contributed by atoms with Gasteiger partial charge in [-0.05, 0) is 70.0 Å². The number of pyridine rings is 2. The summed E-state index contributed by atoms with van der Waals surface area (Å²) in [4.78, 5) is 41.8. The van der Waals surface area contributed by atoms with Crippen molar-refractivity contribution in [3.63, 3.8) is 0 Å². The van der Waals surface area contributed by atoms with Crippen molar-refractivity contribution in [1.82, 2.24) is 14.3 Å². The maximum Gasteiger partial charge on any atom is 0.416 e. The second-order valence-electron chi connectivity index (χ2n) is 14.5.